The van der Waals surface area contributed by atoms with E-state index in [9.17, 15) is 9.59 Å². The number of rotatable bonds is 8. The third-order valence-corrected chi connectivity index (χ3v) is 4.20. The molecule has 0 radical (unpaired) electrons. The highest BCUT2D eigenvalue weighted by Crippen LogP contribution is 2.16. The third-order valence-electron chi connectivity index (χ3n) is 3.36. The highest BCUT2D eigenvalue weighted by Gasteiger charge is 2.04. The zero-order chi connectivity index (χ0) is 17.2. The van der Waals surface area contributed by atoms with Crippen molar-refractivity contribution in [2.45, 2.75) is 32.6 Å². The molecule has 2 rings (SSSR count). The largest absolute Gasteiger partial charge is 0.326 e. The van der Waals surface area contributed by atoms with Gasteiger partial charge < -0.3 is 10.6 Å². The summed E-state index contributed by atoms with van der Waals surface area (Å²) in [5.74, 6) is -0.195. The molecule has 0 spiro atoms. The molecule has 0 aliphatic carbocycles. The van der Waals surface area contributed by atoms with E-state index in [1.807, 2.05) is 23.6 Å². The Morgan fingerprint density at radius 1 is 1.08 bits per heavy atom. The molecule has 1 aromatic heterocycles. The smallest absolute Gasteiger partial charge is 0.248 e. The van der Waals surface area contributed by atoms with Crippen molar-refractivity contribution in [1.82, 2.24) is 0 Å². The van der Waals surface area contributed by atoms with Gasteiger partial charge in [-0.05, 0) is 42.1 Å². The Kier molecular flexibility index (Phi) is 7.23. The summed E-state index contributed by atoms with van der Waals surface area (Å²) in [7, 11) is 0. The zero-order valence-corrected chi connectivity index (χ0v) is 14.6. The Labute approximate surface area is 146 Å². The van der Waals surface area contributed by atoms with E-state index in [0.717, 1.165) is 24.1 Å². The molecule has 0 saturated carbocycles. The van der Waals surface area contributed by atoms with Gasteiger partial charge in [0.05, 0.1) is 0 Å². The molecule has 4 nitrogen and oxygen atoms in total. The van der Waals surface area contributed by atoms with E-state index in [0.29, 0.717) is 17.8 Å². The molecule has 0 aliphatic rings. The summed E-state index contributed by atoms with van der Waals surface area (Å²) in [5, 5.41) is 7.62. The van der Waals surface area contributed by atoms with E-state index < -0.39 is 0 Å². The lowest BCUT2D eigenvalue weighted by atomic mass is 10.2. The predicted molar refractivity (Wildman–Crippen MR) is 101 cm³/mol. The zero-order valence-electron chi connectivity index (χ0n) is 13.7. The number of nitrogens with one attached hydrogen (secondary N) is 2. The van der Waals surface area contributed by atoms with Crippen LogP contribution in [0.15, 0.2) is 47.9 Å². The summed E-state index contributed by atoms with van der Waals surface area (Å²) in [4.78, 5) is 24.8. The second kappa shape index (κ2) is 9.67. The Balaban J connectivity index is 1.87. The van der Waals surface area contributed by atoms with Gasteiger partial charge in [-0.1, -0.05) is 31.9 Å². The maximum Gasteiger partial charge on any atom is 0.248 e. The van der Waals surface area contributed by atoms with Gasteiger partial charge in [-0.15, -0.1) is 11.3 Å². The van der Waals surface area contributed by atoms with Gasteiger partial charge in [-0.3, -0.25) is 9.59 Å². The van der Waals surface area contributed by atoms with Crippen LogP contribution in [0, 0.1) is 0 Å². The molecule has 2 aromatic rings. The number of thiophene rings is 1. The maximum atomic E-state index is 11.9. The van der Waals surface area contributed by atoms with Crippen molar-refractivity contribution in [3.63, 3.8) is 0 Å². The number of hydrogen-bond acceptors (Lipinski definition) is 3. The van der Waals surface area contributed by atoms with Gasteiger partial charge in [-0.2, -0.15) is 0 Å². The molecule has 0 fully saturated rings. The van der Waals surface area contributed by atoms with Gasteiger partial charge in [0.2, 0.25) is 11.8 Å². The molecule has 2 N–H and O–H groups in total. The molecule has 0 bridgehead atoms. The van der Waals surface area contributed by atoms with E-state index in [2.05, 4.69) is 17.6 Å². The number of carbonyl (C=O) groups excluding carboxylic acids is 2. The normalized spacial score (nSPS) is 10.7. The van der Waals surface area contributed by atoms with E-state index in [-0.39, 0.29) is 11.8 Å². The average molecular weight is 342 g/mol. The van der Waals surface area contributed by atoms with E-state index in [4.69, 9.17) is 0 Å². The Bertz CT molecular complexity index is 693. The fraction of sp³-hybridized carbons (Fsp3) is 0.263. The van der Waals surface area contributed by atoms with Crippen LogP contribution in [0.4, 0.5) is 11.4 Å². The van der Waals surface area contributed by atoms with Gasteiger partial charge in [-0.25, -0.2) is 0 Å². The maximum absolute atomic E-state index is 11.9. The number of hydrogen-bond donors (Lipinski definition) is 2. The van der Waals surface area contributed by atoms with Gasteiger partial charge in [0.25, 0.3) is 0 Å². The molecule has 0 aliphatic heterocycles. The van der Waals surface area contributed by atoms with Gasteiger partial charge >= 0.3 is 0 Å². The van der Waals surface area contributed by atoms with Crippen LogP contribution >= 0.6 is 11.3 Å². The monoisotopic (exact) mass is 342 g/mol. The topological polar surface area (TPSA) is 58.2 Å². The van der Waals surface area contributed by atoms with E-state index in [1.165, 1.54) is 6.08 Å². The first-order chi connectivity index (χ1) is 11.7. The highest BCUT2D eigenvalue weighted by atomic mass is 32.1. The number of amides is 2. The molecule has 1 aromatic carbocycles. The molecule has 126 valence electrons. The van der Waals surface area contributed by atoms with Crippen LogP contribution in [0.25, 0.3) is 6.08 Å². The first-order valence-electron chi connectivity index (χ1n) is 8.10. The molecule has 24 heavy (non-hydrogen) atoms. The first kappa shape index (κ1) is 17.9. The second-order valence-electron chi connectivity index (χ2n) is 5.42. The summed E-state index contributed by atoms with van der Waals surface area (Å²) in [6.45, 7) is 2.11. The molecule has 1 heterocycles. The third kappa shape index (κ3) is 6.38. The summed E-state index contributed by atoms with van der Waals surface area (Å²) in [5.41, 5.74) is 1.35. The second-order valence-corrected chi connectivity index (χ2v) is 6.40. The fourth-order valence-electron chi connectivity index (χ4n) is 2.16. The number of carbonyl (C=O) groups is 2. The first-order valence-corrected chi connectivity index (χ1v) is 8.98. The standard InChI is InChI=1S/C19H22N2O2S/c1-2-3-4-10-18(22)20-15-7-5-8-16(14-15)21-19(23)12-11-17-9-6-13-24-17/h5-9,11-14H,2-4,10H2,1H3,(H,20,22)(H,21,23)/b12-11+. The van der Waals surface area contributed by atoms with Crippen molar-refractivity contribution < 1.29 is 9.59 Å². The van der Waals surface area contributed by atoms with Crippen LogP contribution in [0.3, 0.4) is 0 Å². The lowest BCUT2D eigenvalue weighted by Gasteiger charge is -2.08. The van der Waals surface area contributed by atoms with Crippen LogP contribution in [0.2, 0.25) is 0 Å². The van der Waals surface area contributed by atoms with Gasteiger partial charge in [0.1, 0.15) is 0 Å². The summed E-state index contributed by atoms with van der Waals surface area (Å²) < 4.78 is 0. The van der Waals surface area contributed by atoms with Crippen molar-refractivity contribution in [3.05, 3.63) is 52.7 Å². The molecule has 0 atom stereocenters. The van der Waals surface area contributed by atoms with Crippen LogP contribution in [-0.2, 0) is 9.59 Å². The minimum absolute atomic E-state index is 0.00418. The van der Waals surface area contributed by atoms with Crippen molar-refractivity contribution in [3.8, 4) is 0 Å². The Hall–Kier alpha value is -2.40. The van der Waals surface area contributed by atoms with Crippen molar-refractivity contribution in [2.24, 2.45) is 0 Å². The minimum Gasteiger partial charge on any atom is -0.326 e. The van der Waals surface area contributed by atoms with Crippen molar-refractivity contribution in [2.75, 3.05) is 10.6 Å². The average Bonchev–Trinajstić information content (AvgIpc) is 3.07. The van der Waals surface area contributed by atoms with E-state index in [1.54, 1.807) is 35.6 Å². The minimum atomic E-state index is -0.199. The lowest BCUT2D eigenvalue weighted by Crippen LogP contribution is -2.12. The van der Waals surface area contributed by atoms with E-state index >= 15 is 0 Å². The lowest BCUT2D eigenvalue weighted by molar-refractivity contribution is -0.116. The van der Waals surface area contributed by atoms with Gasteiger partial charge in [0.15, 0.2) is 0 Å². The molecule has 2 amide bonds. The van der Waals surface area contributed by atoms with Gasteiger partial charge in [0, 0.05) is 28.7 Å². The quantitative estimate of drug-likeness (QED) is 0.528. The molecular weight excluding hydrogens is 320 g/mol. The van der Waals surface area contributed by atoms with Crippen LogP contribution in [0.1, 0.15) is 37.5 Å². The van der Waals surface area contributed by atoms with Crippen molar-refractivity contribution in [1.29, 1.82) is 0 Å². The molecule has 0 unspecified atom stereocenters. The molecular formula is C19H22N2O2S. The number of benzene rings is 1. The predicted octanol–water partition coefficient (Wildman–Crippen LogP) is 4.92. The summed E-state index contributed by atoms with van der Waals surface area (Å²) >= 11 is 1.57. The molecule has 5 heteroatoms. The number of unbranched alkanes of at least 4 members (excludes halogenated alkanes) is 2. The summed E-state index contributed by atoms with van der Waals surface area (Å²) in [6, 6.07) is 11.1. The molecule has 0 saturated heterocycles. The SMILES string of the molecule is CCCCCC(=O)Nc1cccc(NC(=O)/C=C/c2cccs2)c1. The number of anilines is 2. The van der Waals surface area contributed by atoms with Crippen LogP contribution in [-0.4, -0.2) is 11.8 Å². The Morgan fingerprint density at radius 2 is 1.88 bits per heavy atom. The van der Waals surface area contributed by atoms with Crippen molar-refractivity contribution >= 4 is 40.6 Å². The Morgan fingerprint density at radius 3 is 2.58 bits per heavy atom. The fourth-order valence-corrected chi connectivity index (χ4v) is 2.78. The summed E-state index contributed by atoms with van der Waals surface area (Å²) in [6.07, 6.45) is 6.84. The van der Waals surface area contributed by atoms with Crippen LogP contribution < -0.4 is 10.6 Å². The highest BCUT2D eigenvalue weighted by molar-refractivity contribution is 7.10. The van der Waals surface area contributed by atoms with Crippen LogP contribution in [0.5, 0.6) is 0 Å².